The topological polar surface area (TPSA) is 20.2 Å². The largest absolute Gasteiger partial charge is 0.392 e. The highest BCUT2D eigenvalue weighted by Gasteiger charge is 2.65. The molecule has 1 nitrogen and oxygen atoms in total. The molecule has 0 spiro atoms. The molecule has 4 aliphatic rings. The molecule has 0 heterocycles. The second kappa shape index (κ2) is 7.75. The van der Waals surface area contributed by atoms with Crippen LogP contribution in [0.1, 0.15) is 113 Å². The van der Waals surface area contributed by atoms with Gasteiger partial charge in [-0.3, -0.25) is 0 Å². The molecule has 0 aromatic heterocycles. The summed E-state index contributed by atoms with van der Waals surface area (Å²) in [6.45, 7) is 19.6. The first-order chi connectivity index (χ1) is 14.4. The van der Waals surface area contributed by atoms with E-state index in [1.807, 2.05) is 0 Å². The molecule has 176 valence electrons. The van der Waals surface area contributed by atoms with Gasteiger partial charge in [-0.2, -0.15) is 0 Å². The molecule has 0 aromatic carbocycles. The van der Waals surface area contributed by atoms with Crippen LogP contribution in [-0.4, -0.2) is 11.2 Å². The third-order valence-electron chi connectivity index (χ3n) is 11.7. The van der Waals surface area contributed by atoms with Crippen molar-refractivity contribution in [2.45, 2.75) is 119 Å². The average molecular weight is 427 g/mol. The number of rotatable bonds is 4. The Labute approximate surface area is 193 Å². The Balaban J connectivity index is 1.62. The van der Waals surface area contributed by atoms with Crippen LogP contribution in [0.15, 0.2) is 23.3 Å². The minimum absolute atomic E-state index is 0.0583. The van der Waals surface area contributed by atoms with Gasteiger partial charge in [-0.1, -0.05) is 64.8 Å². The van der Waals surface area contributed by atoms with Crippen molar-refractivity contribution in [2.24, 2.45) is 45.3 Å². The fourth-order valence-corrected chi connectivity index (χ4v) is 9.57. The third kappa shape index (κ3) is 3.34. The molecule has 1 heteroatoms. The molecule has 0 aromatic rings. The van der Waals surface area contributed by atoms with Gasteiger partial charge in [0, 0.05) is 5.41 Å². The van der Waals surface area contributed by atoms with E-state index in [1.54, 1.807) is 5.57 Å². The molecule has 0 radical (unpaired) electrons. The zero-order chi connectivity index (χ0) is 22.8. The van der Waals surface area contributed by atoms with Crippen molar-refractivity contribution < 1.29 is 5.11 Å². The first-order valence-corrected chi connectivity index (χ1v) is 13.4. The van der Waals surface area contributed by atoms with Crippen LogP contribution >= 0.6 is 0 Å². The van der Waals surface area contributed by atoms with E-state index < -0.39 is 0 Å². The Bertz CT molecular complexity index is 754. The highest BCUT2D eigenvalue weighted by molar-refractivity contribution is 5.32. The van der Waals surface area contributed by atoms with Gasteiger partial charge >= 0.3 is 0 Å². The predicted molar refractivity (Wildman–Crippen MR) is 133 cm³/mol. The monoisotopic (exact) mass is 426 g/mol. The van der Waals surface area contributed by atoms with E-state index in [4.69, 9.17) is 0 Å². The lowest BCUT2D eigenvalue weighted by atomic mass is 9.40. The van der Waals surface area contributed by atoms with Crippen molar-refractivity contribution in [1.29, 1.82) is 0 Å². The lowest BCUT2D eigenvalue weighted by Gasteiger charge is -2.64. The SMILES string of the molecule is CC(C)=CCC[C@@H](C)C1CC[C@@]2(C)[C@@H]3CC=C4C(C)(C)[C@@H](O)CC[C@]4(C)[C@H]3CC[C@]12C. The van der Waals surface area contributed by atoms with Crippen LogP contribution in [0, 0.1) is 45.3 Å². The predicted octanol–water partition coefficient (Wildman–Crippen LogP) is 8.34. The van der Waals surface area contributed by atoms with Gasteiger partial charge in [-0.15, -0.1) is 0 Å². The van der Waals surface area contributed by atoms with E-state index in [1.165, 1.54) is 56.9 Å². The molecule has 8 atom stereocenters. The second-order valence-electron chi connectivity index (χ2n) is 13.6. The lowest BCUT2D eigenvalue weighted by molar-refractivity contribution is -0.124. The van der Waals surface area contributed by atoms with E-state index >= 15 is 0 Å². The van der Waals surface area contributed by atoms with Gasteiger partial charge in [0.25, 0.3) is 0 Å². The van der Waals surface area contributed by atoms with E-state index in [0.29, 0.717) is 16.2 Å². The zero-order valence-corrected chi connectivity index (χ0v) is 21.9. The molecule has 4 rings (SSSR count). The van der Waals surface area contributed by atoms with Crippen LogP contribution in [-0.2, 0) is 0 Å². The maximum Gasteiger partial charge on any atom is 0.0628 e. The number of fused-ring (bicyclic) bond motifs is 5. The molecular formula is C30H50O. The summed E-state index contributed by atoms with van der Waals surface area (Å²) >= 11 is 0. The van der Waals surface area contributed by atoms with Crippen molar-refractivity contribution in [3.8, 4) is 0 Å². The molecule has 0 amide bonds. The fraction of sp³-hybridized carbons (Fsp3) is 0.867. The smallest absolute Gasteiger partial charge is 0.0628 e. The van der Waals surface area contributed by atoms with Crippen LogP contribution in [0.4, 0.5) is 0 Å². The molecule has 31 heavy (non-hydrogen) atoms. The van der Waals surface area contributed by atoms with Crippen molar-refractivity contribution in [3.63, 3.8) is 0 Å². The molecule has 3 fully saturated rings. The van der Waals surface area contributed by atoms with Crippen molar-refractivity contribution in [2.75, 3.05) is 0 Å². The molecule has 0 aliphatic heterocycles. The Kier molecular flexibility index (Phi) is 5.90. The minimum atomic E-state index is -0.176. The second-order valence-corrected chi connectivity index (χ2v) is 13.6. The van der Waals surface area contributed by atoms with Gasteiger partial charge in [-0.25, -0.2) is 0 Å². The summed E-state index contributed by atoms with van der Waals surface area (Å²) < 4.78 is 0. The third-order valence-corrected chi connectivity index (χ3v) is 11.7. The van der Waals surface area contributed by atoms with Gasteiger partial charge in [-0.05, 0) is 112 Å². The summed E-state index contributed by atoms with van der Waals surface area (Å²) in [5.74, 6) is 3.33. The standard InChI is InChI=1S/C30H50O/c1-20(2)10-9-11-21(3)22-14-18-30(8)24-12-13-25-27(4,5)26(31)16-17-28(25,6)23(24)15-19-29(22,30)7/h10,13,21-24,26,31H,9,11-12,14-19H2,1-8H3/t21-,22?,23+,24-,26+,28-,29-,30+/m1/s1. The van der Waals surface area contributed by atoms with Gasteiger partial charge in [0.15, 0.2) is 0 Å². The Hall–Kier alpha value is -0.560. The normalized spacial score (nSPS) is 46.9. The number of aliphatic hydroxyl groups is 1. The summed E-state index contributed by atoms with van der Waals surface area (Å²) in [6, 6.07) is 0. The van der Waals surface area contributed by atoms with Crippen LogP contribution in [0.2, 0.25) is 0 Å². The summed E-state index contributed by atoms with van der Waals surface area (Å²) in [4.78, 5) is 0. The summed E-state index contributed by atoms with van der Waals surface area (Å²) in [5, 5.41) is 10.8. The van der Waals surface area contributed by atoms with Crippen molar-refractivity contribution in [1.82, 2.24) is 0 Å². The summed E-state index contributed by atoms with van der Waals surface area (Å²) in [7, 11) is 0. The summed E-state index contributed by atoms with van der Waals surface area (Å²) in [5.41, 5.74) is 4.26. The Morgan fingerprint density at radius 3 is 2.35 bits per heavy atom. The van der Waals surface area contributed by atoms with Gasteiger partial charge in [0.1, 0.15) is 0 Å². The van der Waals surface area contributed by atoms with Crippen LogP contribution in [0.3, 0.4) is 0 Å². The lowest BCUT2D eigenvalue weighted by Crippen LogP contribution is -2.57. The molecule has 0 saturated heterocycles. The minimum Gasteiger partial charge on any atom is -0.392 e. The van der Waals surface area contributed by atoms with Crippen LogP contribution in [0.5, 0.6) is 0 Å². The highest BCUT2D eigenvalue weighted by atomic mass is 16.3. The molecule has 1 N–H and O–H groups in total. The van der Waals surface area contributed by atoms with E-state index in [-0.39, 0.29) is 11.5 Å². The molecule has 3 saturated carbocycles. The Morgan fingerprint density at radius 1 is 1.00 bits per heavy atom. The van der Waals surface area contributed by atoms with Crippen LogP contribution < -0.4 is 0 Å². The molecule has 4 aliphatic carbocycles. The number of hydrogen-bond donors (Lipinski definition) is 1. The number of hydrogen-bond acceptors (Lipinski definition) is 1. The molecule has 0 bridgehead atoms. The fourth-order valence-electron chi connectivity index (χ4n) is 9.57. The first-order valence-electron chi connectivity index (χ1n) is 13.4. The van der Waals surface area contributed by atoms with E-state index in [0.717, 1.165) is 30.1 Å². The zero-order valence-electron chi connectivity index (χ0n) is 21.9. The molecular weight excluding hydrogens is 376 g/mol. The van der Waals surface area contributed by atoms with E-state index in [9.17, 15) is 5.11 Å². The van der Waals surface area contributed by atoms with E-state index in [2.05, 4.69) is 67.5 Å². The van der Waals surface area contributed by atoms with Gasteiger partial charge in [0.2, 0.25) is 0 Å². The van der Waals surface area contributed by atoms with Crippen molar-refractivity contribution in [3.05, 3.63) is 23.3 Å². The quantitative estimate of drug-likeness (QED) is 0.448. The van der Waals surface area contributed by atoms with Crippen molar-refractivity contribution >= 4 is 0 Å². The maximum absolute atomic E-state index is 10.8. The van der Waals surface area contributed by atoms with Gasteiger partial charge < -0.3 is 5.11 Å². The van der Waals surface area contributed by atoms with Gasteiger partial charge in [0.05, 0.1) is 6.10 Å². The number of allylic oxidation sites excluding steroid dienone is 3. The van der Waals surface area contributed by atoms with Crippen LogP contribution in [0.25, 0.3) is 0 Å². The maximum atomic E-state index is 10.8. The molecule has 1 unspecified atom stereocenters. The summed E-state index contributed by atoms with van der Waals surface area (Å²) in [6.07, 6.45) is 16.6. The average Bonchev–Trinajstić information content (AvgIpc) is 2.96. The Morgan fingerprint density at radius 2 is 1.68 bits per heavy atom. The first kappa shape index (κ1) is 23.6. The highest BCUT2D eigenvalue weighted by Crippen LogP contribution is 2.73. The number of aliphatic hydroxyl groups excluding tert-OH is 1.